The highest BCUT2D eigenvalue weighted by atomic mass is 32.1. The lowest BCUT2D eigenvalue weighted by Crippen LogP contribution is -2.56. The molecule has 2 atom stereocenters. The number of halogens is 3. The van der Waals surface area contributed by atoms with Gasteiger partial charge < -0.3 is 9.64 Å². The summed E-state index contributed by atoms with van der Waals surface area (Å²) in [5, 5.41) is 0.746. The van der Waals surface area contributed by atoms with Crippen LogP contribution in [0.25, 0.3) is 10.2 Å². The molecule has 1 saturated heterocycles. The van der Waals surface area contributed by atoms with E-state index in [9.17, 15) is 18.0 Å². The molecule has 0 bridgehead atoms. The first-order chi connectivity index (χ1) is 15.1. The number of piperazine rings is 1. The first-order valence-corrected chi connectivity index (χ1v) is 11.2. The molecule has 2 heterocycles. The second-order valence-corrected chi connectivity index (χ2v) is 9.23. The molecule has 1 aromatic heterocycles. The number of esters is 1. The van der Waals surface area contributed by atoms with Gasteiger partial charge >= 0.3 is 12.1 Å². The Morgan fingerprint density at radius 3 is 2.53 bits per heavy atom. The zero-order valence-corrected chi connectivity index (χ0v) is 18.8. The number of alkyl halides is 3. The Kier molecular flexibility index (Phi) is 6.13. The van der Waals surface area contributed by atoms with Crippen LogP contribution in [0.2, 0.25) is 0 Å². The molecule has 1 aliphatic heterocycles. The maximum Gasteiger partial charge on any atom is 0.416 e. The zero-order valence-electron chi connectivity index (χ0n) is 18.0. The normalized spacial score (nSPS) is 20.0. The lowest BCUT2D eigenvalue weighted by atomic mass is 10.1. The van der Waals surface area contributed by atoms with Crippen LogP contribution in [0.15, 0.2) is 42.5 Å². The molecule has 2 aromatic carbocycles. The van der Waals surface area contributed by atoms with Crippen LogP contribution in [0.3, 0.4) is 0 Å². The quantitative estimate of drug-likeness (QED) is 0.386. The number of fused-ring (bicyclic) bond motifs is 1. The van der Waals surface area contributed by atoms with E-state index in [1.807, 2.05) is 18.2 Å². The van der Waals surface area contributed by atoms with Crippen LogP contribution in [0, 0.1) is 0 Å². The molecule has 9 heteroatoms. The van der Waals surface area contributed by atoms with E-state index in [-0.39, 0.29) is 18.1 Å². The molecule has 0 amide bonds. The van der Waals surface area contributed by atoms with Crippen molar-refractivity contribution in [3.63, 3.8) is 0 Å². The molecule has 4 rings (SSSR count). The van der Waals surface area contributed by atoms with Crippen molar-refractivity contribution in [2.24, 2.45) is 0 Å². The highest BCUT2D eigenvalue weighted by Crippen LogP contribution is 2.37. The lowest BCUT2D eigenvalue weighted by molar-refractivity contribution is -0.137. The standard InChI is InChI=1S/C23H24F3N3O2S/c1-14-11-28(13-17-5-4-6-19(9-17)31-16(3)30)12-15(2)29(14)22-27-20-8-7-18(23(24,25)26)10-21(20)32-22/h4-10,14-15H,11-13H2,1-3H3. The molecule has 5 nitrogen and oxygen atoms in total. The molecule has 3 aromatic rings. The van der Waals surface area contributed by atoms with E-state index in [4.69, 9.17) is 4.74 Å². The molecule has 1 fully saturated rings. The van der Waals surface area contributed by atoms with E-state index in [0.717, 1.165) is 29.9 Å². The Labute approximate surface area is 188 Å². The summed E-state index contributed by atoms with van der Waals surface area (Å²) in [7, 11) is 0. The number of carbonyl (C=O) groups excluding carboxylic acids is 1. The Bertz CT molecular complexity index is 1120. The number of hydrogen-bond donors (Lipinski definition) is 0. The number of anilines is 1. The van der Waals surface area contributed by atoms with E-state index >= 15 is 0 Å². The van der Waals surface area contributed by atoms with Crippen LogP contribution in [0.5, 0.6) is 5.75 Å². The van der Waals surface area contributed by atoms with Crippen molar-refractivity contribution in [3.8, 4) is 5.75 Å². The van der Waals surface area contributed by atoms with Gasteiger partial charge in [0.05, 0.1) is 15.8 Å². The number of benzene rings is 2. The van der Waals surface area contributed by atoms with Crippen molar-refractivity contribution in [1.82, 2.24) is 9.88 Å². The second kappa shape index (κ2) is 8.71. The molecule has 32 heavy (non-hydrogen) atoms. The summed E-state index contributed by atoms with van der Waals surface area (Å²) in [4.78, 5) is 20.3. The Morgan fingerprint density at radius 1 is 1.16 bits per heavy atom. The monoisotopic (exact) mass is 463 g/mol. The van der Waals surface area contributed by atoms with Gasteiger partial charge in [0, 0.05) is 38.6 Å². The number of aromatic nitrogens is 1. The van der Waals surface area contributed by atoms with Gasteiger partial charge in [-0.3, -0.25) is 9.69 Å². The first-order valence-electron chi connectivity index (χ1n) is 10.4. The van der Waals surface area contributed by atoms with Gasteiger partial charge in [-0.05, 0) is 49.7 Å². The van der Waals surface area contributed by atoms with Crippen LogP contribution in [0.1, 0.15) is 31.9 Å². The summed E-state index contributed by atoms with van der Waals surface area (Å²) in [6, 6.07) is 11.5. The molecule has 0 saturated carbocycles. The van der Waals surface area contributed by atoms with Crippen molar-refractivity contribution in [1.29, 1.82) is 0 Å². The third kappa shape index (κ3) is 4.88. The number of ether oxygens (including phenoxy) is 1. The van der Waals surface area contributed by atoms with Crippen LogP contribution in [-0.2, 0) is 17.5 Å². The largest absolute Gasteiger partial charge is 0.427 e. The van der Waals surface area contributed by atoms with E-state index < -0.39 is 11.7 Å². The molecule has 1 aliphatic rings. The van der Waals surface area contributed by atoms with Gasteiger partial charge in [0.15, 0.2) is 5.13 Å². The Hall–Kier alpha value is -2.65. The minimum absolute atomic E-state index is 0.137. The summed E-state index contributed by atoms with van der Waals surface area (Å²) in [6.45, 7) is 7.86. The maximum absolute atomic E-state index is 13.1. The van der Waals surface area contributed by atoms with E-state index in [0.29, 0.717) is 22.5 Å². The predicted octanol–water partition coefficient (Wildman–Crippen LogP) is 5.34. The molecule has 0 radical (unpaired) electrons. The van der Waals surface area contributed by atoms with E-state index in [1.54, 1.807) is 6.07 Å². The smallest absolute Gasteiger partial charge is 0.416 e. The van der Waals surface area contributed by atoms with Crippen molar-refractivity contribution < 1.29 is 22.7 Å². The van der Waals surface area contributed by atoms with Gasteiger partial charge in [-0.1, -0.05) is 23.5 Å². The number of carbonyl (C=O) groups is 1. The SMILES string of the molecule is CC(=O)Oc1cccc(CN2CC(C)N(c3nc4ccc(C(F)(F)F)cc4s3)C(C)C2)c1. The summed E-state index contributed by atoms with van der Waals surface area (Å²) in [5.41, 5.74) is 0.987. The van der Waals surface area contributed by atoms with Crippen LogP contribution < -0.4 is 9.64 Å². The third-order valence-corrected chi connectivity index (χ3v) is 6.52. The first kappa shape index (κ1) is 22.5. The summed E-state index contributed by atoms with van der Waals surface area (Å²) >= 11 is 1.30. The lowest BCUT2D eigenvalue weighted by Gasteiger charge is -2.44. The maximum atomic E-state index is 13.1. The van der Waals surface area contributed by atoms with Crippen LogP contribution in [-0.4, -0.2) is 41.0 Å². The minimum Gasteiger partial charge on any atom is -0.427 e. The van der Waals surface area contributed by atoms with Crippen molar-refractivity contribution in [2.45, 2.75) is 45.6 Å². The number of thiazole rings is 1. The number of nitrogens with zero attached hydrogens (tertiary/aromatic N) is 3. The molecule has 170 valence electrons. The van der Waals surface area contributed by atoms with Gasteiger partial charge in [0.25, 0.3) is 0 Å². The minimum atomic E-state index is -4.36. The highest BCUT2D eigenvalue weighted by Gasteiger charge is 2.33. The molecule has 2 unspecified atom stereocenters. The summed E-state index contributed by atoms with van der Waals surface area (Å²) < 4.78 is 44.9. The van der Waals surface area contributed by atoms with Gasteiger partial charge in [-0.25, -0.2) is 4.98 Å². The third-order valence-electron chi connectivity index (χ3n) is 5.49. The molecule has 0 spiro atoms. The predicted molar refractivity (Wildman–Crippen MR) is 119 cm³/mol. The van der Waals surface area contributed by atoms with Crippen molar-refractivity contribution in [3.05, 3.63) is 53.6 Å². The molecular formula is C23H24F3N3O2S. The second-order valence-electron chi connectivity index (χ2n) is 8.22. The Balaban J connectivity index is 1.49. The fourth-order valence-electron chi connectivity index (χ4n) is 4.27. The fraction of sp³-hybridized carbons (Fsp3) is 0.391. The zero-order chi connectivity index (χ0) is 23.0. The van der Waals surface area contributed by atoms with Gasteiger partial charge in [-0.2, -0.15) is 13.2 Å². The molecule has 0 N–H and O–H groups in total. The summed E-state index contributed by atoms with van der Waals surface area (Å²) in [5.74, 6) is 0.179. The van der Waals surface area contributed by atoms with Gasteiger partial charge in [-0.15, -0.1) is 0 Å². The van der Waals surface area contributed by atoms with E-state index in [2.05, 4.69) is 28.6 Å². The van der Waals surface area contributed by atoms with Crippen molar-refractivity contribution in [2.75, 3.05) is 18.0 Å². The molecule has 0 aliphatic carbocycles. The topological polar surface area (TPSA) is 45.7 Å². The van der Waals surface area contributed by atoms with Gasteiger partial charge in [0.2, 0.25) is 0 Å². The number of rotatable bonds is 4. The molecular weight excluding hydrogens is 439 g/mol. The van der Waals surface area contributed by atoms with Crippen LogP contribution in [0.4, 0.5) is 18.3 Å². The number of hydrogen-bond acceptors (Lipinski definition) is 6. The average molecular weight is 464 g/mol. The van der Waals surface area contributed by atoms with Crippen LogP contribution >= 0.6 is 11.3 Å². The Morgan fingerprint density at radius 2 is 1.88 bits per heavy atom. The highest BCUT2D eigenvalue weighted by molar-refractivity contribution is 7.22. The van der Waals surface area contributed by atoms with E-state index in [1.165, 1.54) is 30.4 Å². The van der Waals surface area contributed by atoms with Gasteiger partial charge in [0.1, 0.15) is 5.75 Å². The average Bonchev–Trinajstić information content (AvgIpc) is 3.09. The fourth-order valence-corrected chi connectivity index (χ4v) is 5.48. The van der Waals surface area contributed by atoms with Crippen molar-refractivity contribution >= 4 is 32.7 Å². The summed E-state index contributed by atoms with van der Waals surface area (Å²) in [6.07, 6.45) is -4.36.